The molecule has 0 aliphatic carbocycles. The number of ether oxygens (including phenoxy) is 1. The van der Waals surface area contributed by atoms with Gasteiger partial charge in [-0.05, 0) is 43.5 Å². The average molecular weight is 281 g/mol. The highest BCUT2D eigenvalue weighted by atomic mass is 19.1. The third kappa shape index (κ3) is 7.01. The summed E-state index contributed by atoms with van der Waals surface area (Å²) in [6.45, 7) is 6.91. The van der Waals surface area contributed by atoms with Crippen LogP contribution in [0, 0.1) is 5.82 Å². The van der Waals surface area contributed by atoms with Crippen molar-refractivity contribution in [2.24, 2.45) is 0 Å². The van der Waals surface area contributed by atoms with E-state index in [1.807, 2.05) is 12.1 Å². The Balaban J connectivity index is 2.37. The highest BCUT2D eigenvalue weighted by Gasteiger charge is 2.10. The smallest absolute Gasteiger partial charge is 0.123 e. The third-order valence-corrected chi connectivity index (χ3v) is 3.32. The van der Waals surface area contributed by atoms with Crippen molar-refractivity contribution in [3.05, 3.63) is 35.6 Å². The molecule has 1 N–H and O–H groups in total. The fraction of sp³-hybridized carbons (Fsp3) is 0.647. The van der Waals surface area contributed by atoms with Crippen molar-refractivity contribution in [1.82, 2.24) is 5.32 Å². The van der Waals surface area contributed by atoms with E-state index in [0.29, 0.717) is 6.04 Å². The van der Waals surface area contributed by atoms with Gasteiger partial charge in [-0.3, -0.25) is 0 Å². The fourth-order valence-electron chi connectivity index (χ4n) is 2.19. The fourth-order valence-corrected chi connectivity index (χ4v) is 2.19. The largest absolute Gasteiger partial charge is 0.381 e. The van der Waals surface area contributed by atoms with Gasteiger partial charge in [0.2, 0.25) is 0 Å². The molecule has 0 aliphatic rings. The minimum absolute atomic E-state index is 0.170. The highest BCUT2D eigenvalue weighted by Crippen LogP contribution is 2.19. The Morgan fingerprint density at radius 2 is 1.80 bits per heavy atom. The third-order valence-electron chi connectivity index (χ3n) is 3.32. The minimum atomic E-state index is -0.170. The van der Waals surface area contributed by atoms with E-state index in [9.17, 15) is 4.39 Å². The lowest BCUT2D eigenvalue weighted by Crippen LogP contribution is -2.23. The number of hydrogen-bond donors (Lipinski definition) is 1. The maximum atomic E-state index is 13.0. The normalized spacial score (nSPS) is 12.6. The van der Waals surface area contributed by atoms with E-state index in [4.69, 9.17) is 4.74 Å². The molecule has 1 aromatic rings. The summed E-state index contributed by atoms with van der Waals surface area (Å²) in [5, 5.41) is 3.56. The topological polar surface area (TPSA) is 21.3 Å². The van der Waals surface area contributed by atoms with Gasteiger partial charge in [0, 0.05) is 19.3 Å². The van der Waals surface area contributed by atoms with Crippen LogP contribution in [0.1, 0.15) is 57.6 Å². The molecule has 1 aromatic carbocycles. The van der Waals surface area contributed by atoms with Gasteiger partial charge >= 0.3 is 0 Å². The first-order chi connectivity index (χ1) is 9.77. The summed E-state index contributed by atoms with van der Waals surface area (Å²) in [5.41, 5.74) is 1.18. The number of halogens is 1. The molecule has 1 rings (SSSR count). The monoisotopic (exact) mass is 281 g/mol. The van der Waals surface area contributed by atoms with Crippen LogP contribution < -0.4 is 5.32 Å². The Kier molecular flexibility index (Phi) is 9.25. The first-order valence-corrected chi connectivity index (χ1v) is 7.84. The molecule has 1 unspecified atom stereocenters. The Bertz CT molecular complexity index is 339. The van der Waals surface area contributed by atoms with Gasteiger partial charge in [0.05, 0.1) is 0 Å². The van der Waals surface area contributed by atoms with Crippen LogP contribution in [0.15, 0.2) is 24.3 Å². The van der Waals surface area contributed by atoms with E-state index < -0.39 is 0 Å². The molecule has 0 bridgehead atoms. The van der Waals surface area contributed by atoms with Crippen LogP contribution in [0.4, 0.5) is 4.39 Å². The maximum absolute atomic E-state index is 13.0. The number of benzene rings is 1. The molecule has 0 amide bonds. The lowest BCUT2D eigenvalue weighted by molar-refractivity contribution is 0.131. The zero-order chi connectivity index (χ0) is 14.6. The van der Waals surface area contributed by atoms with Crippen LogP contribution in [-0.2, 0) is 4.74 Å². The molecular weight excluding hydrogens is 253 g/mol. The molecule has 1 atom stereocenters. The molecule has 0 saturated carbocycles. The SMILES string of the molecule is CCCCC(NCCCOCCC)c1ccc(F)cc1. The summed E-state index contributed by atoms with van der Waals surface area (Å²) in [7, 11) is 0. The number of nitrogens with one attached hydrogen (secondary N) is 1. The van der Waals surface area contributed by atoms with Crippen molar-refractivity contribution < 1.29 is 9.13 Å². The molecule has 2 nitrogen and oxygen atoms in total. The highest BCUT2D eigenvalue weighted by molar-refractivity contribution is 5.19. The lowest BCUT2D eigenvalue weighted by atomic mass is 10.0. The van der Waals surface area contributed by atoms with Crippen molar-refractivity contribution in [2.75, 3.05) is 19.8 Å². The van der Waals surface area contributed by atoms with Gasteiger partial charge in [0.15, 0.2) is 0 Å². The van der Waals surface area contributed by atoms with Crippen molar-refractivity contribution in [3.8, 4) is 0 Å². The lowest BCUT2D eigenvalue weighted by Gasteiger charge is -2.19. The first-order valence-electron chi connectivity index (χ1n) is 7.84. The van der Waals surface area contributed by atoms with Gasteiger partial charge in [0.25, 0.3) is 0 Å². The first kappa shape index (κ1) is 17.1. The van der Waals surface area contributed by atoms with E-state index in [-0.39, 0.29) is 5.82 Å². The van der Waals surface area contributed by atoms with Crippen molar-refractivity contribution in [3.63, 3.8) is 0 Å². The quantitative estimate of drug-likeness (QED) is 0.604. The van der Waals surface area contributed by atoms with Crippen molar-refractivity contribution in [1.29, 1.82) is 0 Å². The molecule has 0 fully saturated rings. The van der Waals surface area contributed by atoms with E-state index in [2.05, 4.69) is 19.2 Å². The summed E-state index contributed by atoms with van der Waals surface area (Å²) >= 11 is 0. The van der Waals surface area contributed by atoms with Crippen LogP contribution in [0.2, 0.25) is 0 Å². The molecule has 114 valence electrons. The molecule has 0 saturated heterocycles. The Morgan fingerprint density at radius 3 is 2.45 bits per heavy atom. The molecule has 0 aromatic heterocycles. The molecule has 0 spiro atoms. The van der Waals surface area contributed by atoms with E-state index in [1.165, 1.54) is 18.4 Å². The van der Waals surface area contributed by atoms with Crippen molar-refractivity contribution in [2.45, 2.75) is 52.0 Å². The zero-order valence-electron chi connectivity index (χ0n) is 12.8. The minimum Gasteiger partial charge on any atom is -0.381 e. The second kappa shape index (κ2) is 10.8. The molecule has 0 heterocycles. The van der Waals surface area contributed by atoms with Gasteiger partial charge in [-0.1, -0.05) is 38.8 Å². The van der Waals surface area contributed by atoms with Gasteiger partial charge in [0.1, 0.15) is 5.82 Å². The number of unbranched alkanes of at least 4 members (excludes halogenated alkanes) is 1. The van der Waals surface area contributed by atoms with Crippen LogP contribution in [0.5, 0.6) is 0 Å². The predicted molar refractivity (Wildman–Crippen MR) is 82.4 cm³/mol. The number of hydrogen-bond acceptors (Lipinski definition) is 2. The van der Waals surface area contributed by atoms with E-state index in [0.717, 1.165) is 39.0 Å². The van der Waals surface area contributed by atoms with Gasteiger partial charge in [-0.15, -0.1) is 0 Å². The van der Waals surface area contributed by atoms with Crippen LogP contribution >= 0.6 is 0 Å². The van der Waals surface area contributed by atoms with Gasteiger partial charge in [-0.2, -0.15) is 0 Å². The second-order valence-electron chi connectivity index (χ2n) is 5.17. The standard InChI is InChI=1S/C17H28FNO/c1-3-5-7-17(15-8-10-16(18)11-9-15)19-12-6-14-20-13-4-2/h8-11,17,19H,3-7,12-14H2,1-2H3. The molecular formula is C17H28FNO. The molecule has 0 aliphatic heterocycles. The summed E-state index contributed by atoms with van der Waals surface area (Å²) in [6.07, 6.45) is 5.55. The van der Waals surface area contributed by atoms with Crippen LogP contribution in [0.25, 0.3) is 0 Å². The van der Waals surface area contributed by atoms with Crippen LogP contribution in [0.3, 0.4) is 0 Å². The summed E-state index contributed by atoms with van der Waals surface area (Å²) in [4.78, 5) is 0. The predicted octanol–water partition coefficient (Wildman–Crippen LogP) is 4.46. The average Bonchev–Trinajstić information content (AvgIpc) is 2.47. The summed E-state index contributed by atoms with van der Waals surface area (Å²) in [6, 6.07) is 7.18. The van der Waals surface area contributed by atoms with Gasteiger partial charge in [-0.25, -0.2) is 4.39 Å². The van der Waals surface area contributed by atoms with E-state index >= 15 is 0 Å². The second-order valence-corrected chi connectivity index (χ2v) is 5.17. The van der Waals surface area contributed by atoms with Crippen molar-refractivity contribution >= 4 is 0 Å². The van der Waals surface area contributed by atoms with Gasteiger partial charge < -0.3 is 10.1 Å². The van der Waals surface area contributed by atoms with Crippen LogP contribution in [-0.4, -0.2) is 19.8 Å². The Labute approximate surface area is 122 Å². The summed E-state index contributed by atoms with van der Waals surface area (Å²) in [5.74, 6) is -0.170. The molecule has 3 heteroatoms. The number of rotatable bonds is 11. The summed E-state index contributed by atoms with van der Waals surface area (Å²) < 4.78 is 18.5. The molecule has 20 heavy (non-hydrogen) atoms. The Hall–Kier alpha value is -0.930. The zero-order valence-corrected chi connectivity index (χ0v) is 12.8. The Morgan fingerprint density at radius 1 is 1.05 bits per heavy atom. The maximum Gasteiger partial charge on any atom is 0.123 e. The van der Waals surface area contributed by atoms with E-state index in [1.54, 1.807) is 12.1 Å². The molecule has 0 radical (unpaired) electrons.